The maximum absolute atomic E-state index is 12.3. The van der Waals surface area contributed by atoms with Crippen LogP contribution in [0.25, 0.3) is 0 Å². The molecular weight excluding hydrogens is 324 g/mol. The maximum atomic E-state index is 12.3. The minimum atomic E-state index is -4.16. The Morgan fingerprint density at radius 2 is 1.87 bits per heavy atom. The summed E-state index contributed by atoms with van der Waals surface area (Å²) in [6.07, 6.45) is 0. The number of carbonyl (C=O) groups excluding carboxylic acids is 1. The first-order valence-electron chi connectivity index (χ1n) is 6.32. The zero-order valence-electron chi connectivity index (χ0n) is 11.9. The number of para-hydroxylation sites is 1. The number of sulfonamides is 1. The van der Waals surface area contributed by atoms with Crippen LogP contribution in [-0.4, -0.2) is 24.2 Å². The van der Waals surface area contributed by atoms with Crippen LogP contribution in [0.15, 0.2) is 47.4 Å². The van der Waals surface area contributed by atoms with E-state index in [1.807, 2.05) is 0 Å². The number of hydrogen-bond acceptors (Lipinski definition) is 6. The Kier molecular flexibility index (Phi) is 4.32. The second-order valence-electron chi connectivity index (χ2n) is 4.61. The minimum Gasteiger partial charge on any atom is -0.502 e. The third-order valence-electron chi connectivity index (χ3n) is 3.00. The van der Waals surface area contributed by atoms with Gasteiger partial charge < -0.3 is 5.11 Å². The number of ketones is 1. The minimum absolute atomic E-state index is 0.0655. The van der Waals surface area contributed by atoms with E-state index in [1.54, 1.807) is 12.1 Å². The van der Waals surface area contributed by atoms with E-state index in [1.165, 1.54) is 19.1 Å². The van der Waals surface area contributed by atoms with Crippen LogP contribution in [0.2, 0.25) is 0 Å². The molecule has 0 unspecified atom stereocenters. The normalized spacial score (nSPS) is 11.0. The molecule has 0 amide bonds. The van der Waals surface area contributed by atoms with E-state index in [9.17, 15) is 28.4 Å². The Labute approximate surface area is 131 Å². The number of rotatable bonds is 5. The van der Waals surface area contributed by atoms with Gasteiger partial charge in [-0.05, 0) is 31.2 Å². The van der Waals surface area contributed by atoms with E-state index in [0.717, 1.165) is 18.2 Å². The molecule has 0 saturated heterocycles. The number of benzene rings is 2. The quantitative estimate of drug-likeness (QED) is 0.490. The molecule has 0 aromatic heterocycles. The van der Waals surface area contributed by atoms with E-state index in [-0.39, 0.29) is 17.0 Å². The molecule has 0 aliphatic carbocycles. The first kappa shape index (κ1) is 16.4. The van der Waals surface area contributed by atoms with Crippen molar-refractivity contribution in [1.82, 2.24) is 0 Å². The Hall–Kier alpha value is -2.94. The lowest BCUT2D eigenvalue weighted by atomic mass is 10.1. The molecule has 2 aromatic carbocycles. The van der Waals surface area contributed by atoms with Gasteiger partial charge in [0.05, 0.1) is 15.5 Å². The molecule has 2 rings (SSSR count). The van der Waals surface area contributed by atoms with Gasteiger partial charge in [0.2, 0.25) is 0 Å². The summed E-state index contributed by atoms with van der Waals surface area (Å²) in [4.78, 5) is 21.0. The van der Waals surface area contributed by atoms with Crippen molar-refractivity contribution in [3.05, 3.63) is 58.1 Å². The summed E-state index contributed by atoms with van der Waals surface area (Å²) in [6, 6.07) is 8.69. The summed E-state index contributed by atoms with van der Waals surface area (Å²) in [5.41, 5.74) is -0.493. The molecule has 0 bridgehead atoms. The number of nitro benzene ring substituents is 1. The van der Waals surface area contributed by atoms with Gasteiger partial charge in [-0.25, -0.2) is 8.42 Å². The first-order valence-corrected chi connectivity index (χ1v) is 7.81. The lowest BCUT2D eigenvalue weighted by molar-refractivity contribution is -0.386. The van der Waals surface area contributed by atoms with Gasteiger partial charge in [-0.15, -0.1) is 0 Å². The van der Waals surface area contributed by atoms with Gasteiger partial charge in [-0.3, -0.25) is 19.6 Å². The third kappa shape index (κ3) is 3.46. The summed E-state index contributed by atoms with van der Waals surface area (Å²) < 4.78 is 26.9. The third-order valence-corrected chi connectivity index (χ3v) is 4.37. The van der Waals surface area contributed by atoms with Crippen molar-refractivity contribution in [3.8, 4) is 5.75 Å². The molecule has 9 heteroatoms. The van der Waals surface area contributed by atoms with Crippen molar-refractivity contribution in [2.24, 2.45) is 0 Å². The van der Waals surface area contributed by atoms with Crippen LogP contribution in [0.3, 0.4) is 0 Å². The van der Waals surface area contributed by atoms with Crippen molar-refractivity contribution in [2.45, 2.75) is 11.8 Å². The van der Waals surface area contributed by atoms with Gasteiger partial charge in [-0.2, -0.15) is 0 Å². The smallest absolute Gasteiger partial charge is 0.312 e. The van der Waals surface area contributed by atoms with Gasteiger partial charge in [0.25, 0.3) is 10.0 Å². The number of carbonyl (C=O) groups is 1. The lowest BCUT2D eigenvalue weighted by Gasteiger charge is -2.11. The van der Waals surface area contributed by atoms with Gasteiger partial charge in [0, 0.05) is 11.6 Å². The molecule has 0 aliphatic rings. The largest absolute Gasteiger partial charge is 0.502 e. The standard InChI is InChI=1S/C14H12N2O6S/c1-9(17)11-4-2-3-5-12(11)15-23(21,22)10-6-7-14(18)13(8-10)16(19)20/h2-8,15,18H,1H3. The van der Waals surface area contributed by atoms with Crippen molar-refractivity contribution in [3.63, 3.8) is 0 Å². The van der Waals surface area contributed by atoms with Crippen LogP contribution in [0.5, 0.6) is 5.75 Å². The number of aromatic hydroxyl groups is 1. The lowest BCUT2D eigenvalue weighted by Crippen LogP contribution is -2.15. The van der Waals surface area contributed by atoms with Crippen LogP contribution < -0.4 is 4.72 Å². The van der Waals surface area contributed by atoms with Gasteiger partial charge in [0.15, 0.2) is 11.5 Å². The molecule has 0 saturated carbocycles. The Balaban J connectivity index is 2.47. The Morgan fingerprint density at radius 1 is 1.22 bits per heavy atom. The number of phenols is 1. The fourth-order valence-corrected chi connectivity index (χ4v) is 3.00. The zero-order valence-corrected chi connectivity index (χ0v) is 12.7. The molecule has 0 spiro atoms. The average Bonchev–Trinajstić information content (AvgIpc) is 2.47. The van der Waals surface area contributed by atoms with Crippen molar-refractivity contribution >= 4 is 27.2 Å². The molecular formula is C14H12N2O6S. The molecule has 0 fully saturated rings. The van der Waals surface area contributed by atoms with E-state index >= 15 is 0 Å². The average molecular weight is 336 g/mol. The maximum Gasteiger partial charge on any atom is 0.312 e. The number of nitro groups is 1. The van der Waals surface area contributed by atoms with E-state index in [4.69, 9.17) is 0 Å². The molecule has 2 aromatic rings. The molecule has 0 aliphatic heterocycles. The monoisotopic (exact) mass is 336 g/mol. The number of nitrogens with one attached hydrogen (secondary N) is 1. The Morgan fingerprint density at radius 3 is 2.48 bits per heavy atom. The molecule has 23 heavy (non-hydrogen) atoms. The summed E-state index contributed by atoms with van der Waals surface area (Å²) in [5, 5.41) is 20.2. The van der Waals surface area contributed by atoms with Gasteiger partial charge >= 0.3 is 5.69 Å². The van der Waals surface area contributed by atoms with Crippen LogP contribution in [0.1, 0.15) is 17.3 Å². The predicted octanol–water partition coefficient (Wildman–Crippen LogP) is 2.30. The number of hydrogen-bond donors (Lipinski definition) is 2. The van der Waals surface area contributed by atoms with E-state index in [0.29, 0.717) is 0 Å². The topological polar surface area (TPSA) is 127 Å². The highest BCUT2D eigenvalue weighted by Gasteiger charge is 2.22. The first-order chi connectivity index (χ1) is 10.7. The van der Waals surface area contributed by atoms with Gasteiger partial charge in [-0.1, -0.05) is 12.1 Å². The number of Topliss-reactive ketones (excluding diaryl/α,β-unsaturated/α-hetero) is 1. The fourth-order valence-electron chi connectivity index (χ4n) is 1.90. The summed E-state index contributed by atoms with van der Waals surface area (Å²) >= 11 is 0. The van der Waals surface area contributed by atoms with Crippen molar-refractivity contribution < 1.29 is 23.2 Å². The SMILES string of the molecule is CC(=O)c1ccccc1NS(=O)(=O)c1ccc(O)c([N+](=O)[O-])c1. The predicted molar refractivity (Wildman–Crippen MR) is 82.0 cm³/mol. The van der Waals surface area contributed by atoms with E-state index < -0.39 is 31.3 Å². The van der Waals surface area contributed by atoms with Crippen molar-refractivity contribution in [2.75, 3.05) is 4.72 Å². The van der Waals surface area contributed by atoms with Crippen LogP contribution in [-0.2, 0) is 10.0 Å². The summed E-state index contributed by atoms with van der Waals surface area (Å²) in [7, 11) is -4.16. The molecule has 120 valence electrons. The fraction of sp³-hybridized carbons (Fsp3) is 0.0714. The molecule has 2 N–H and O–H groups in total. The number of phenolic OH excluding ortho intramolecular Hbond substituents is 1. The summed E-state index contributed by atoms with van der Waals surface area (Å²) in [5.74, 6) is -0.974. The highest BCUT2D eigenvalue weighted by molar-refractivity contribution is 7.92. The molecule has 0 radical (unpaired) electrons. The Bertz CT molecular complexity index is 892. The van der Waals surface area contributed by atoms with Crippen molar-refractivity contribution in [1.29, 1.82) is 0 Å². The number of anilines is 1. The molecule has 0 atom stereocenters. The molecule has 0 heterocycles. The van der Waals surface area contributed by atoms with Crippen LogP contribution >= 0.6 is 0 Å². The van der Waals surface area contributed by atoms with E-state index in [2.05, 4.69) is 4.72 Å². The second kappa shape index (κ2) is 6.05. The molecule has 8 nitrogen and oxygen atoms in total. The van der Waals surface area contributed by atoms with Gasteiger partial charge in [0.1, 0.15) is 0 Å². The number of nitrogens with zero attached hydrogens (tertiary/aromatic N) is 1. The van der Waals surface area contributed by atoms with Crippen LogP contribution in [0, 0.1) is 10.1 Å². The zero-order chi connectivity index (χ0) is 17.2. The summed E-state index contributed by atoms with van der Waals surface area (Å²) in [6.45, 7) is 1.29. The highest BCUT2D eigenvalue weighted by atomic mass is 32.2. The van der Waals surface area contributed by atoms with Crippen LogP contribution in [0.4, 0.5) is 11.4 Å². The second-order valence-corrected chi connectivity index (χ2v) is 6.30. The highest BCUT2D eigenvalue weighted by Crippen LogP contribution is 2.29.